The first-order valence-electron chi connectivity index (χ1n) is 8.50. The Bertz CT molecular complexity index is 796. The monoisotopic (exact) mass is 356 g/mol. The SMILES string of the molecule is CN1CCN(c2ccc3c(c2)OC(O)C(c2ccc(Cl)cc2)=C3)CC1. The molecule has 2 aliphatic rings. The smallest absolute Gasteiger partial charge is 0.224 e. The minimum absolute atomic E-state index is 0.674. The zero-order valence-electron chi connectivity index (χ0n) is 14.2. The van der Waals surface area contributed by atoms with E-state index in [1.165, 1.54) is 0 Å². The molecule has 0 amide bonds. The number of likely N-dealkylation sites (N-methyl/N-ethyl adjacent to an activating group) is 1. The van der Waals surface area contributed by atoms with Crippen LogP contribution in [0.2, 0.25) is 5.02 Å². The van der Waals surface area contributed by atoms with Gasteiger partial charge in [0.2, 0.25) is 6.29 Å². The molecule has 0 aromatic heterocycles. The molecule has 4 nitrogen and oxygen atoms in total. The molecule has 4 rings (SSSR count). The summed E-state index contributed by atoms with van der Waals surface area (Å²) in [4.78, 5) is 4.69. The van der Waals surface area contributed by atoms with E-state index < -0.39 is 6.29 Å². The maximum absolute atomic E-state index is 10.4. The van der Waals surface area contributed by atoms with Crippen LogP contribution in [0.5, 0.6) is 5.75 Å². The molecule has 0 saturated carbocycles. The number of nitrogens with zero attached hydrogens (tertiary/aromatic N) is 2. The topological polar surface area (TPSA) is 35.9 Å². The molecular weight excluding hydrogens is 336 g/mol. The fraction of sp³-hybridized carbons (Fsp3) is 0.300. The summed E-state index contributed by atoms with van der Waals surface area (Å²) in [5.41, 5.74) is 3.78. The number of halogens is 1. The van der Waals surface area contributed by atoms with E-state index in [4.69, 9.17) is 16.3 Å². The van der Waals surface area contributed by atoms with Crippen molar-refractivity contribution in [2.24, 2.45) is 0 Å². The fourth-order valence-corrected chi connectivity index (χ4v) is 3.42. The Morgan fingerprint density at radius 2 is 1.76 bits per heavy atom. The van der Waals surface area contributed by atoms with Crippen LogP contribution in [0.3, 0.4) is 0 Å². The lowest BCUT2D eigenvalue weighted by atomic mass is 9.99. The van der Waals surface area contributed by atoms with Crippen molar-refractivity contribution >= 4 is 28.9 Å². The molecule has 0 spiro atoms. The molecule has 1 N–H and O–H groups in total. The van der Waals surface area contributed by atoms with Crippen molar-refractivity contribution in [2.75, 3.05) is 38.1 Å². The molecule has 1 atom stereocenters. The van der Waals surface area contributed by atoms with E-state index >= 15 is 0 Å². The van der Waals surface area contributed by atoms with Gasteiger partial charge in [-0.05, 0) is 43.0 Å². The van der Waals surface area contributed by atoms with E-state index in [0.717, 1.165) is 54.3 Å². The van der Waals surface area contributed by atoms with Gasteiger partial charge in [-0.3, -0.25) is 0 Å². The number of rotatable bonds is 2. The van der Waals surface area contributed by atoms with E-state index in [2.05, 4.69) is 29.0 Å². The number of hydrogen-bond donors (Lipinski definition) is 1. The van der Waals surface area contributed by atoms with Crippen molar-refractivity contribution in [1.82, 2.24) is 4.90 Å². The standard InChI is InChI=1S/C20H21ClN2O2/c1-22-8-10-23(11-9-22)17-7-4-15-12-18(20(24)25-19(15)13-17)14-2-5-16(21)6-3-14/h2-7,12-13,20,24H,8-11H2,1H3. The van der Waals surface area contributed by atoms with Gasteiger partial charge in [-0.15, -0.1) is 0 Å². The van der Waals surface area contributed by atoms with E-state index in [1.807, 2.05) is 36.4 Å². The molecular formula is C20H21ClN2O2. The Kier molecular flexibility index (Phi) is 4.42. The molecule has 5 heteroatoms. The summed E-state index contributed by atoms with van der Waals surface area (Å²) in [5.74, 6) is 0.724. The summed E-state index contributed by atoms with van der Waals surface area (Å²) in [7, 11) is 2.15. The van der Waals surface area contributed by atoms with Crippen molar-refractivity contribution in [1.29, 1.82) is 0 Å². The second-order valence-corrected chi connectivity index (χ2v) is 7.03. The third-order valence-corrected chi connectivity index (χ3v) is 5.11. The molecule has 1 saturated heterocycles. The van der Waals surface area contributed by atoms with Gasteiger partial charge in [0, 0.05) is 54.1 Å². The lowest BCUT2D eigenvalue weighted by Crippen LogP contribution is -2.44. The van der Waals surface area contributed by atoms with Crippen LogP contribution in [-0.2, 0) is 0 Å². The highest BCUT2D eigenvalue weighted by Gasteiger charge is 2.23. The Labute approximate surface area is 152 Å². The summed E-state index contributed by atoms with van der Waals surface area (Å²) in [6.45, 7) is 4.12. The average Bonchev–Trinajstić information content (AvgIpc) is 2.62. The van der Waals surface area contributed by atoms with Crippen molar-refractivity contribution in [3.63, 3.8) is 0 Å². The molecule has 0 aliphatic carbocycles. The number of fused-ring (bicyclic) bond motifs is 1. The number of anilines is 1. The third kappa shape index (κ3) is 3.38. The van der Waals surface area contributed by atoms with Crippen LogP contribution in [0, 0.1) is 0 Å². The number of ether oxygens (including phenoxy) is 1. The zero-order valence-corrected chi connectivity index (χ0v) is 14.9. The first-order valence-corrected chi connectivity index (χ1v) is 8.88. The average molecular weight is 357 g/mol. The zero-order chi connectivity index (χ0) is 17.4. The second-order valence-electron chi connectivity index (χ2n) is 6.59. The van der Waals surface area contributed by atoms with Crippen LogP contribution >= 0.6 is 11.6 Å². The summed E-state index contributed by atoms with van der Waals surface area (Å²) in [6, 6.07) is 13.6. The molecule has 130 valence electrons. The highest BCUT2D eigenvalue weighted by atomic mass is 35.5. The number of aliphatic hydroxyl groups is 1. The van der Waals surface area contributed by atoms with Crippen LogP contribution in [0.25, 0.3) is 11.6 Å². The Balaban J connectivity index is 1.62. The Morgan fingerprint density at radius 1 is 1.04 bits per heavy atom. The minimum atomic E-state index is -0.976. The molecule has 2 aromatic carbocycles. The van der Waals surface area contributed by atoms with Crippen LogP contribution in [0.4, 0.5) is 5.69 Å². The van der Waals surface area contributed by atoms with E-state index in [1.54, 1.807) is 0 Å². The number of piperazine rings is 1. The molecule has 2 heterocycles. The molecule has 1 fully saturated rings. The van der Waals surface area contributed by atoms with Crippen molar-refractivity contribution in [3.8, 4) is 5.75 Å². The van der Waals surface area contributed by atoms with Crippen LogP contribution < -0.4 is 9.64 Å². The van der Waals surface area contributed by atoms with Gasteiger partial charge in [-0.25, -0.2) is 0 Å². The predicted octanol–water partition coefficient (Wildman–Crippen LogP) is 3.34. The van der Waals surface area contributed by atoms with Gasteiger partial charge in [0.25, 0.3) is 0 Å². The molecule has 0 radical (unpaired) electrons. The van der Waals surface area contributed by atoms with Crippen molar-refractivity contribution in [2.45, 2.75) is 6.29 Å². The second kappa shape index (κ2) is 6.71. The largest absolute Gasteiger partial charge is 0.460 e. The number of aliphatic hydroxyl groups excluding tert-OH is 1. The summed E-state index contributed by atoms with van der Waals surface area (Å²) in [6.07, 6.45) is 1.01. The Morgan fingerprint density at radius 3 is 2.48 bits per heavy atom. The van der Waals surface area contributed by atoms with Gasteiger partial charge in [-0.2, -0.15) is 0 Å². The van der Waals surface area contributed by atoms with E-state index in [9.17, 15) is 5.11 Å². The quantitative estimate of drug-likeness (QED) is 0.895. The van der Waals surface area contributed by atoms with Gasteiger partial charge < -0.3 is 19.6 Å². The van der Waals surface area contributed by atoms with E-state index in [0.29, 0.717) is 5.02 Å². The highest BCUT2D eigenvalue weighted by Crippen LogP contribution is 2.36. The molecule has 1 unspecified atom stereocenters. The third-order valence-electron chi connectivity index (χ3n) is 4.86. The summed E-state index contributed by atoms with van der Waals surface area (Å²) >= 11 is 5.95. The van der Waals surface area contributed by atoms with Gasteiger partial charge in [0.15, 0.2) is 0 Å². The molecule has 2 aliphatic heterocycles. The normalized spacial score (nSPS) is 20.7. The molecule has 2 aromatic rings. The van der Waals surface area contributed by atoms with E-state index in [-0.39, 0.29) is 0 Å². The lowest BCUT2D eigenvalue weighted by Gasteiger charge is -2.34. The maximum atomic E-state index is 10.4. The Hall–Kier alpha value is -2.01. The van der Waals surface area contributed by atoms with Crippen LogP contribution in [0.15, 0.2) is 42.5 Å². The van der Waals surface area contributed by atoms with Gasteiger partial charge in [-0.1, -0.05) is 23.7 Å². The van der Waals surface area contributed by atoms with Crippen molar-refractivity contribution in [3.05, 3.63) is 58.6 Å². The fourth-order valence-electron chi connectivity index (χ4n) is 3.30. The first kappa shape index (κ1) is 16.5. The molecule has 0 bridgehead atoms. The van der Waals surface area contributed by atoms with Crippen molar-refractivity contribution < 1.29 is 9.84 Å². The van der Waals surface area contributed by atoms with Gasteiger partial charge in [0.05, 0.1) is 0 Å². The number of benzene rings is 2. The predicted molar refractivity (Wildman–Crippen MR) is 102 cm³/mol. The minimum Gasteiger partial charge on any atom is -0.460 e. The van der Waals surface area contributed by atoms with Crippen LogP contribution in [0.1, 0.15) is 11.1 Å². The molecule has 25 heavy (non-hydrogen) atoms. The first-order chi connectivity index (χ1) is 12.1. The van der Waals surface area contributed by atoms with Gasteiger partial charge in [0.1, 0.15) is 5.75 Å². The van der Waals surface area contributed by atoms with Gasteiger partial charge >= 0.3 is 0 Å². The highest BCUT2D eigenvalue weighted by molar-refractivity contribution is 6.30. The summed E-state index contributed by atoms with van der Waals surface area (Å²) < 4.78 is 5.80. The summed E-state index contributed by atoms with van der Waals surface area (Å²) in [5, 5.41) is 11.1. The lowest BCUT2D eigenvalue weighted by molar-refractivity contribution is 0.0320. The van der Waals surface area contributed by atoms with Crippen LogP contribution in [-0.4, -0.2) is 49.5 Å². The maximum Gasteiger partial charge on any atom is 0.224 e. The number of hydrogen-bond acceptors (Lipinski definition) is 4.